The third-order valence-corrected chi connectivity index (χ3v) is 5.74. The number of nitrogens with one attached hydrogen (secondary N) is 2. The first-order valence-corrected chi connectivity index (χ1v) is 11.3. The topological polar surface area (TPSA) is 36.5 Å². The van der Waals surface area contributed by atoms with Crippen molar-refractivity contribution in [3.8, 4) is 5.75 Å². The second-order valence-electron chi connectivity index (χ2n) is 8.83. The number of hydrogen-bond acceptors (Lipinski definition) is 4. The first-order chi connectivity index (χ1) is 14.9. The second-order valence-corrected chi connectivity index (χ2v) is 8.83. The monoisotopic (exact) mass is 425 g/mol. The van der Waals surface area contributed by atoms with Gasteiger partial charge in [0, 0.05) is 19.1 Å². The standard InChI is InChI=1S/C26H36FN3O/c1-19(2)18-31-26-9-5-22(6-10-26)16-29-21(4)30(25-11-13-28-14-12-25)17-23-7-8-24(27)15-20(23)3/h5-10,15,19,25,28-29H,4,11-14,16-18H2,1-3H3. The molecule has 0 atom stereocenters. The molecular weight excluding hydrogens is 389 g/mol. The first-order valence-electron chi connectivity index (χ1n) is 11.3. The maximum absolute atomic E-state index is 13.6. The third kappa shape index (κ3) is 7.00. The van der Waals surface area contributed by atoms with Gasteiger partial charge < -0.3 is 20.3 Å². The number of ether oxygens (including phenoxy) is 1. The van der Waals surface area contributed by atoms with Crippen molar-refractivity contribution >= 4 is 0 Å². The fraction of sp³-hybridized carbons (Fsp3) is 0.462. The smallest absolute Gasteiger partial charge is 0.123 e. The van der Waals surface area contributed by atoms with E-state index in [1.807, 2.05) is 25.1 Å². The van der Waals surface area contributed by atoms with Gasteiger partial charge >= 0.3 is 0 Å². The minimum Gasteiger partial charge on any atom is -0.493 e. The maximum Gasteiger partial charge on any atom is 0.123 e. The third-order valence-electron chi connectivity index (χ3n) is 5.74. The normalized spacial score (nSPS) is 14.5. The molecule has 1 saturated heterocycles. The highest BCUT2D eigenvalue weighted by atomic mass is 19.1. The summed E-state index contributed by atoms with van der Waals surface area (Å²) in [6, 6.07) is 13.7. The Morgan fingerprint density at radius 1 is 1.19 bits per heavy atom. The Morgan fingerprint density at radius 2 is 1.90 bits per heavy atom. The summed E-state index contributed by atoms with van der Waals surface area (Å²) in [6.07, 6.45) is 2.14. The summed E-state index contributed by atoms with van der Waals surface area (Å²) >= 11 is 0. The molecular formula is C26H36FN3O. The molecule has 0 bridgehead atoms. The zero-order valence-electron chi connectivity index (χ0n) is 19.1. The molecule has 31 heavy (non-hydrogen) atoms. The largest absolute Gasteiger partial charge is 0.493 e. The van der Waals surface area contributed by atoms with Crippen LogP contribution in [0.5, 0.6) is 5.75 Å². The van der Waals surface area contributed by atoms with Crippen molar-refractivity contribution in [2.24, 2.45) is 5.92 Å². The molecule has 5 heteroatoms. The summed E-state index contributed by atoms with van der Waals surface area (Å²) in [5.74, 6) is 2.14. The Labute approximate surface area is 186 Å². The lowest BCUT2D eigenvalue weighted by molar-refractivity contribution is 0.187. The van der Waals surface area contributed by atoms with Gasteiger partial charge in [-0.25, -0.2) is 4.39 Å². The Kier molecular flexibility index (Phi) is 8.35. The fourth-order valence-corrected chi connectivity index (χ4v) is 3.86. The van der Waals surface area contributed by atoms with Crippen LogP contribution >= 0.6 is 0 Å². The van der Waals surface area contributed by atoms with Crippen LogP contribution in [0.2, 0.25) is 0 Å². The van der Waals surface area contributed by atoms with Crippen LogP contribution in [0.4, 0.5) is 4.39 Å². The van der Waals surface area contributed by atoms with E-state index in [0.29, 0.717) is 18.5 Å². The lowest BCUT2D eigenvalue weighted by Gasteiger charge is -2.38. The van der Waals surface area contributed by atoms with Gasteiger partial charge in [-0.15, -0.1) is 0 Å². The number of nitrogens with zero attached hydrogens (tertiary/aromatic N) is 1. The van der Waals surface area contributed by atoms with Crippen LogP contribution in [0.15, 0.2) is 54.9 Å². The molecule has 0 saturated carbocycles. The molecule has 0 unspecified atom stereocenters. The Morgan fingerprint density at radius 3 is 2.55 bits per heavy atom. The van der Waals surface area contributed by atoms with E-state index >= 15 is 0 Å². The summed E-state index contributed by atoms with van der Waals surface area (Å²) in [7, 11) is 0. The SMILES string of the molecule is C=C(NCc1ccc(OCC(C)C)cc1)N(Cc1ccc(F)cc1C)C1CCNCC1. The summed E-state index contributed by atoms with van der Waals surface area (Å²) in [6.45, 7) is 14.8. The number of rotatable bonds is 10. The van der Waals surface area contributed by atoms with Crippen LogP contribution in [0.1, 0.15) is 43.4 Å². The first kappa shape index (κ1) is 23.1. The zero-order valence-corrected chi connectivity index (χ0v) is 19.1. The average molecular weight is 426 g/mol. The van der Waals surface area contributed by atoms with Crippen molar-refractivity contribution in [1.29, 1.82) is 0 Å². The molecule has 3 rings (SSSR count). The molecule has 0 radical (unpaired) electrons. The quantitative estimate of drug-likeness (QED) is 0.563. The molecule has 0 aromatic heterocycles. The summed E-state index contributed by atoms with van der Waals surface area (Å²) in [5, 5.41) is 6.95. The van der Waals surface area contributed by atoms with E-state index in [-0.39, 0.29) is 5.82 Å². The number of benzene rings is 2. The summed E-state index contributed by atoms with van der Waals surface area (Å²) in [5.41, 5.74) is 3.29. The molecule has 0 spiro atoms. The van der Waals surface area contributed by atoms with Gasteiger partial charge in [0.05, 0.1) is 12.4 Å². The zero-order chi connectivity index (χ0) is 22.2. The van der Waals surface area contributed by atoms with Crippen LogP contribution in [-0.2, 0) is 13.1 Å². The van der Waals surface area contributed by atoms with E-state index in [1.54, 1.807) is 12.1 Å². The highest BCUT2D eigenvalue weighted by molar-refractivity contribution is 5.28. The minimum atomic E-state index is -0.188. The molecule has 2 N–H and O–H groups in total. The van der Waals surface area contributed by atoms with E-state index in [0.717, 1.165) is 61.8 Å². The Balaban J connectivity index is 1.64. The highest BCUT2D eigenvalue weighted by Gasteiger charge is 2.23. The van der Waals surface area contributed by atoms with Gasteiger partial charge in [0.15, 0.2) is 0 Å². The van der Waals surface area contributed by atoms with E-state index in [9.17, 15) is 4.39 Å². The van der Waals surface area contributed by atoms with Crippen molar-refractivity contribution in [3.05, 3.63) is 77.4 Å². The van der Waals surface area contributed by atoms with Crippen LogP contribution in [0.3, 0.4) is 0 Å². The van der Waals surface area contributed by atoms with Gasteiger partial charge in [-0.05, 0) is 79.7 Å². The molecule has 4 nitrogen and oxygen atoms in total. The van der Waals surface area contributed by atoms with Crippen LogP contribution in [0.25, 0.3) is 0 Å². The van der Waals surface area contributed by atoms with E-state index in [4.69, 9.17) is 4.74 Å². The lowest BCUT2D eigenvalue weighted by atomic mass is 10.0. The van der Waals surface area contributed by atoms with Gasteiger partial charge in [0.2, 0.25) is 0 Å². The molecule has 168 valence electrons. The molecule has 1 aliphatic heterocycles. The van der Waals surface area contributed by atoms with E-state index in [2.05, 4.69) is 48.1 Å². The van der Waals surface area contributed by atoms with Gasteiger partial charge in [0.1, 0.15) is 11.6 Å². The minimum absolute atomic E-state index is 0.188. The Bertz CT molecular complexity index is 844. The highest BCUT2D eigenvalue weighted by Crippen LogP contribution is 2.22. The fourth-order valence-electron chi connectivity index (χ4n) is 3.86. The van der Waals surface area contributed by atoms with Gasteiger partial charge in [-0.1, -0.05) is 38.6 Å². The summed E-state index contributed by atoms with van der Waals surface area (Å²) < 4.78 is 19.3. The van der Waals surface area contributed by atoms with Gasteiger partial charge in [-0.3, -0.25) is 0 Å². The van der Waals surface area contributed by atoms with E-state index in [1.165, 1.54) is 5.56 Å². The average Bonchev–Trinajstić information content (AvgIpc) is 2.77. The molecule has 2 aromatic carbocycles. The van der Waals surface area contributed by atoms with Crippen molar-refractivity contribution in [2.75, 3.05) is 19.7 Å². The predicted molar refractivity (Wildman–Crippen MR) is 125 cm³/mol. The second kappa shape index (κ2) is 11.2. The van der Waals surface area contributed by atoms with E-state index < -0.39 is 0 Å². The number of aryl methyl sites for hydroxylation is 1. The van der Waals surface area contributed by atoms with Gasteiger partial charge in [0.25, 0.3) is 0 Å². The van der Waals surface area contributed by atoms with Crippen LogP contribution in [-0.4, -0.2) is 30.6 Å². The molecule has 2 aromatic rings. The maximum atomic E-state index is 13.6. The molecule has 1 fully saturated rings. The predicted octanol–water partition coefficient (Wildman–Crippen LogP) is 4.98. The van der Waals surface area contributed by atoms with Crippen LogP contribution in [0, 0.1) is 18.7 Å². The Hall–Kier alpha value is -2.53. The molecule has 1 heterocycles. The number of piperidine rings is 1. The van der Waals surface area contributed by atoms with Crippen molar-refractivity contribution in [1.82, 2.24) is 15.5 Å². The van der Waals surface area contributed by atoms with Crippen LogP contribution < -0.4 is 15.4 Å². The van der Waals surface area contributed by atoms with Crippen molar-refractivity contribution < 1.29 is 9.13 Å². The lowest BCUT2D eigenvalue weighted by Crippen LogP contribution is -2.44. The van der Waals surface area contributed by atoms with Gasteiger partial charge in [-0.2, -0.15) is 0 Å². The molecule has 1 aliphatic rings. The summed E-state index contributed by atoms with van der Waals surface area (Å²) in [4.78, 5) is 2.35. The molecule has 0 aliphatic carbocycles. The number of halogens is 1. The van der Waals surface area contributed by atoms with Crippen molar-refractivity contribution in [2.45, 2.75) is 52.7 Å². The van der Waals surface area contributed by atoms with Crippen molar-refractivity contribution in [3.63, 3.8) is 0 Å². The molecule has 0 amide bonds. The number of hydrogen-bond donors (Lipinski definition) is 2.